The first kappa shape index (κ1) is 58.7. The van der Waals surface area contributed by atoms with Crippen LogP contribution in [-0.2, 0) is 56.4 Å². The zero-order valence-electron chi connectivity index (χ0n) is 43.8. The molecule has 65 heavy (non-hydrogen) atoms. The summed E-state index contributed by atoms with van der Waals surface area (Å²) in [5.74, 6) is 0. The summed E-state index contributed by atoms with van der Waals surface area (Å²) in [6.07, 6.45) is 11.3. The molecule has 0 bridgehead atoms. The zero-order valence-corrected chi connectivity index (χ0v) is 43.8. The maximum absolute atomic E-state index is 4.23. The van der Waals surface area contributed by atoms with E-state index in [4.69, 9.17) is 0 Å². The van der Waals surface area contributed by atoms with E-state index in [2.05, 4.69) is 109 Å². The van der Waals surface area contributed by atoms with Crippen LogP contribution >= 0.6 is 0 Å². The Morgan fingerprint density at radius 2 is 0.831 bits per heavy atom. The Kier molecular flexibility index (Phi) is 25.1. The molecule has 0 fully saturated rings. The monoisotopic (exact) mass is 897 g/mol. The van der Waals surface area contributed by atoms with Gasteiger partial charge in [-0.05, 0) is 156 Å². The molecule has 0 spiro atoms. The molecule has 0 aliphatic rings. The van der Waals surface area contributed by atoms with Crippen LogP contribution < -0.4 is 0 Å². The Morgan fingerprint density at radius 3 is 0.923 bits per heavy atom. The van der Waals surface area contributed by atoms with Gasteiger partial charge in [0.05, 0.1) is 41.4 Å². The lowest BCUT2D eigenvalue weighted by Crippen LogP contribution is -1.92. The molecule has 8 aromatic heterocycles. The van der Waals surface area contributed by atoms with Crippen molar-refractivity contribution in [2.45, 2.75) is 118 Å². The fourth-order valence-corrected chi connectivity index (χ4v) is 5.42. The van der Waals surface area contributed by atoms with Gasteiger partial charge in [-0.3, -0.25) is 37.5 Å². The van der Waals surface area contributed by atoms with E-state index >= 15 is 0 Å². The first-order chi connectivity index (χ1) is 29.7. The number of nitrogens with zero attached hydrogens (tertiary/aromatic N) is 16. The van der Waals surface area contributed by atoms with E-state index in [1.54, 1.807) is 10.9 Å². The van der Waals surface area contributed by atoms with Crippen molar-refractivity contribution in [3.05, 3.63) is 140 Å². The molecule has 0 N–H and O–H groups in total. The Labute approximate surface area is 391 Å². The lowest BCUT2D eigenvalue weighted by atomic mass is 10.2. The van der Waals surface area contributed by atoms with Crippen molar-refractivity contribution in [3.63, 3.8) is 0 Å². The van der Waals surface area contributed by atoms with Crippen molar-refractivity contribution in [3.8, 4) is 0 Å². The van der Waals surface area contributed by atoms with Crippen LogP contribution in [0.3, 0.4) is 0 Å². The fraction of sp³-hybridized carbons (Fsp3) is 0.510. The minimum atomic E-state index is 0. The normalized spacial score (nSPS) is 9.72. The molecule has 0 aromatic carbocycles. The van der Waals surface area contributed by atoms with Crippen LogP contribution in [0.4, 0.5) is 0 Å². The van der Waals surface area contributed by atoms with Gasteiger partial charge >= 0.3 is 0 Å². The molecule has 0 saturated heterocycles. The second kappa shape index (κ2) is 27.8. The summed E-state index contributed by atoms with van der Waals surface area (Å²) in [5.41, 5.74) is 19.5. The lowest BCUT2D eigenvalue weighted by Gasteiger charge is -1.90. The number of hydrogen-bond donors (Lipinski definition) is 0. The van der Waals surface area contributed by atoms with Gasteiger partial charge in [0.25, 0.3) is 0 Å². The lowest BCUT2D eigenvalue weighted by molar-refractivity contribution is 0.730. The summed E-state index contributed by atoms with van der Waals surface area (Å²) in [7, 11) is 15.5. The molecule has 360 valence electrons. The second-order valence-electron chi connectivity index (χ2n) is 16.3. The summed E-state index contributed by atoms with van der Waals surface area (Å²) in [4.78, 5) is 0. The molecule has 0 atom stereocenters. The molecule has 8 rings (SSSR count). The fourth-order valence-electron chi connectivity index (χ4n) is 5.42. The standard InChI is InChI=1S/2C7H12N2.4C6H10N2.2C5H8N2.CH4/c2*1-5-6(2)8-9(4)7(5)3;1-5-4-8(3)7-6(5)2;2*1-5-4-7-8(3)6(5)2;1-5-4-6(2)8(3)7-5;1-5-3-6-7(2)4-5;1-5-3-4-6-7(5)2;/h2*1-4H3;4*4H,1-3H3;2*3-4H,1-2H3;1H4. The number of aryl methyl sites for hydroxylation is 18. The molecule has 16 nitrogen and oxygen atoms in total. The van der Waals surface area contributed by atoms with Crippen LogP contribution in [-0.4, -0.2) is 78.2 Å². The van der Waals surface area contributed by atoms with Gasteiger partial charge in [-0.25, -0.2) is 0 Å². The summed E-state index contributed by atoms with van der Waals surface area (Å²) in [6.45, 7) is 32.8. The highest BCUT2D eigenvalue weighted by molar-refractivity contribution is 5.22. The molecular weight excluding hydrogens is 813 g/mol. The van der Waals surface area contributed by atoms with Crippen LogP contribution in [0.15, 0.2) is 49.3 Å². The van der Waals surface area contributed by atoms with E-state index in [9.17, 15) is 0 Å². The summed E-state index contributed by atoms with van der Waals surface area (Å²) >= 11 is 0. The van der Waals surface area contributed by atoms with Gasteiger partial charge in [-0.2, -0.15) is 40.8 Å². The van der Waals surface area contributed by atoms with Crippen LogP contribution in [0, 0.1) is 111 Å². The molecular formula is C49H84N16. The third-order valence-corrected chi connectivity index (χ3v) is 11.1. The summed E-state index contributed by atoms with van der Waals surface area (Å²) in [6, 6.07) is 4.03. The van der Waals surface area contributed by atoms with Gasteiger partial charge < -0.3 is 0 Å². The third kappa shape index (κ3) is 19.9. The molecule has 8 heterocycles. The Morgan fingerprint density at radius 1 is 0.369 bits per heavy atom. The van der Waals surface area contributed by atoms with Crippen molar-refractivity contribution in [1.29, 1.82) is 0 Å². The van der Waals surface area contributed by atoms with Gasteiger partial charge in [0.1, 0.15) is 0 Å². The maximum Gasteiger partial charge on any atom is 0.0625 e. The van der Waals surface area contributed by atoms with Crippen molar-refractivity contribution < 1.29 is 0 Å². The van der Waals surface area contributed by atoms with Crippen LogP contribution in [0.25, 0.3) is 0 Å². The first-order valence-electron chi connectivity index (χ1n) is 21.4. The molecule has 16 heteroatoms. The van der Waals surface area contributed by atoms with E-state index in [0.717, 1.165) is 22.8 Å². The van der Waals surface area contributed by atoms with E-state index in [0.29, 0.717) is 0 Å². The van der Waals surface area contributed by atoms with Gasteiger partial charge in [0.2, 0.25) is 0 Å². The van der Waals surface area contributed by atoms with Crippen LogP contribution in [0.1, 0.15) is 97.7 Å². The second-order valence-corrected chi connectivity index (χ2v) is 16.3. The number of aromatic nitrogens is 16. The van der Waals surface area contributed by atoms with E-state index < -0.39 is 0 Å². The molecule has 8 aromatic rings. The molecule has 0 saturated carbocycles. The highest BCUT2D eigenvalue weighted by atomic mass is 15.3. The van der Waals surface area contributed by atoms with Gasteiger partial charge in [0.15, 0.2) is 0 Å². The number of rotatable bonds is 0. The topological polar surface area (TPSA) is 143 Å². The van der Waals surface area contributed by atoms with Gasteiger partial charge in [-0.15, -0.1) is 0 Å². The average molecular weight is 897 g/mol. The van der Waals surface area contributed by atoms with Crippen LogP contribution in [0.5, 0.6) is 0 Å². The molecule has 0 unspecified atom stereocenters. The first-order valence-corrected chi connectivity index (χ1v) is 21.4. The highest BCUT2D eigenvalue weighted by Gasteiger charge is 2.03. The van der Waals surface area contributed by atoms with Crippen molar-refractivity contribution >= 4 is 0 Å². The van der Waals surface area contributed by atoms with E-state index in [-0.39, 0.29) is 7.43 Å². The predicted octanol–water partition coefficient (Wildman–Crippen LogP) is 8.93. The number of hydrogen-bond acceptors (Lipinski definition) is 8. The molecule has 0 radical (unpaired) electrons. The van der Waals surface area contributed by atoms with E-state index in [1.165, 1.54) is 67.5 Å². The predicted molar refractivity (Wildman–Crippen MR) is 268 cm³/mol. The Bertz CT molecular complexity index is 2270. The Hall–Kier alpha value is -6.32. The van der Waals surface area contributed by atoms with Crippen LogP contribution in [0.2, 0.25) is 0 Å². The average Bonchev–Trinajstić information content (AvgIpc) is 4.12. The summed E-state index contributed by atoms with van der Waals surface area (Å²) < 4.78 is 14.9. The molecule has 0 aliphatic carbocycles. The van der Waals surface area contributed by atoms with Gasteiger partial charge in [-0.1, -0.05) is 7.43 Å². The smallest absolute Gasteiger partial charge is 0.0625 e. The van der Waals surface area contributed by atoms with Crippen molar-refractivity contribution in [2.75, 3.05) is 0 Å². The van der Waals surface area contributed by atoms with Crippen molar-refractivity contribution in [1.82, 2.24) is 78.2 Å². The Balaban J connectivity index is 0.000000719. The molecule has 0 aliphatic heterocycles. The summed E-state index contributed by atoms with van der Waals surface area (Å²) in [5, 5.41) is 32.6. The minimum Gasteiger partial charge on any atom is -0.276 e. The maximum atomic E-state index is 4.23. The molecule has 0 amide bonds. The quantitative estimate of drug-likeness (QED) is 0.147. The minimum absolute atomic E-state index is 0. The largest absolute Gasteiger partial charge is 0.276 e. The third-order valence-electron chi connectivity index (χ3n) is 11.1. The highest BCUT2D eigenvalue weighted by Crippen LogP contribution is 2.09. The van der Waals surface area contributed by atoms with Gasteiger partial charge in [0, 0.05) is 109 Å². The van der Waals surface area contributed by atoms with Crippen molar-refractivity contribution in [2.24, 2.45) is 56.4 Å². The van der Waals surface area contributed by atoms with E-state index in [1.807, 2.05) is 175 Å². The zero-order chi connectivity index (χ0) is 49.2. The SMILES string of the molecule is C.Cc1cc(C)n(C)n1.Cc1ccnn1C.Cc1cn(C)nc1C.Cc1cnn(C)c1.Cc1cnn(C)c1C.Cc1cnn(C)c1C.Cc1nn(C)c(C)c1C.Cc1nn(C)c(C)c1C.